The van der Waals surface area contributed by atoms with Gasteiger partial charge in [0.1, 0.15) is 5.82 Å². The van der Waals surface area contributed by atoms with E-state index in [4.69, 9.17) is 0 Å². The first-order valence-corrected chi connectivity index (χ1v) is 6.42. The van der Waals surface area contributed by atoms with Gasteiger partial charge in [-0.15, -0.1) is 12.4 Å². The predicted octanol–water partition coefficient (Wildman–Crippen LogP) is 3.02. The zero-order valence-electron chi connectivity index (χ0n) is 11.9. The number of hydrogen-bond acceptors (Lipinski definition) is 3. The lowest BCUT2D eigenvalue weighted by Crippen LogP contribution is -2.09. The zero-order valence-corrected chi connectivity index (χ0v) is 12.7. The zero-order chi connectivity index (χ0) is 13.1. The van der Waals surface area contributed by atoms with E-state index in [1.165, 1.54) is 5.56 Å². The van der Waals surface area contributed by atoms with Gasteiger partial charge in [-0.3, -0.25) is 4.68 Å². The third kappa shape index (κ3) is 3.50. The Morgan fingerprint density at radius 1 is 1.37 bits per heavy atom. The highest BCUT2D eigenvalue weighted by Crippen LogP contribution is 2.15. The third-order valence-electron chi connectivity index (χ3n) is 2.99. The molecule has 1 N–H and O–H groups in total. The molecule has 0 aliphatic carbocycles. The van der Waals surface area contributed by atoms with E-state index in [0.717, 1.165) is 24.6 Å². The van der Waals surface area contributed by atoms with Gasteiger partial charge >= 0.3 is 0 Å². The van der Waals surface area contributed by atoms with E-state index in [9.17, 15) is 0 Å². The van der Waals surface area contributed by atoms with Crippen molar-refractivity contribution >= 4 is 18.2 Å². The van der Waals surface area contributed by atoms with Gasteiger partial charge < -0.3 is 5.32 Å². The average Bonchev–Trinajstić information content (AvgIpc) is 2.92. The number of hydrogen-bond donors (Lipinski definition) is 1. The van der Waals surface area contributed by atoms with Crippen molar-refractivity contribution in [2.45, 2.75) is 46.8 Å². The molecule has 0 fully saturated rings. The number of halogens is 1. The summed E-state index contributed by atoms with van der Waals surface area (Å²) in [6, 6.07) is 2.36. The fourth-order valence-electron chi connectivity index (χ4n) is 1.95. The van der Waals surface area contributed by atoms with E-state index < -0.39 is 0 Å². The SMILES string of the molecule is CCn1cc(CNc2ccnn2C(C)C)c(C)n1.Cl. The Morgan fingerprint density at radius 2 is 2.11 bits per heavy atom. The quantitative estimate of drug-likeness (QED) is 0.917. The molecular formula is C13H22ClN5. The summed E-state index contributed by atoms with van der Waals surface area (Å²) in [5.74, 6) is 1.05. The van der Waals surface area contributed by atoms with E-state index in [2.05, 4.69) is 42.5 Å². The molecule has 2 aromatic rings. The lowest BCUT2D eigenvalue weighted by Gasteiger charge is -2.12. The fourth-order valence-corrected chi connectivity index (χ4v) is 1.95. The maximum atomic E-state index is 4.44. The van der Waals surface area contributed by atoms with Crippen LogP contribution in [0.4, 0.5) is 5.82 Å². The van der Waals surface area contributed by atoms with Gasteiger partial charge in [0.2, 0.25) is 0 Å². The normalized spacial score (nSPS) is 10.6. The molecule has 2 rings (SSSR count). The van der Waals surface area contributed by atoms with Crippen molar-refractivity contribution < 1.29 is 0 Å². The smallest absolute Gasteiger partial charge is 0.124 e. The Balaban J connectivity index is 0.00000180. The minimum absolute atomic E-state index is 0. The Hall–Kier alpha value is -1.49. The van der Waals surface area contributed by atoms with Crippen molar-refractivity contribution in [2.75, 3.05) is 5.32 Å². The van der Waals surface area contributed by atoms with Crippen molar-refractivity contribution in [3.05, 3.63) is 29.7 Å². The van der Waals surface area contributed by atoms with Crippen LogP contribution in [-0.2, 0) is 13.1 Å². The molecule has 0 aliphatic heterocycles. The number of nitrogens with one attached hydrogen (secondary N) is 1. The van der Waals surface area contributed by atoms with Crippen LogP contribution in [-0.4, -0.2) is 19.6 Å². The van der Waals surface area contributed by atoms with Crippen LogP contribution >= 0.6 is 12.4 Å². The molecule has 19 heavy (non-hydrogen) atoms. The highest BCUT2D eigenvalue weighted by Gasteiger charge is 2.07. The van der Waals surface area contributed by atoms with Gasteiger partial charge in [0.15, 0.2) is 0 Å². The molecule has 0 unspecified atom stereocenters. The molecule has 0 amide bonds. The van der Waals surface area contributed by atoms with Gasteiger partial charge in [0, 0.05) is 37.0 Å². The number of aromatic nitrogens is 4. The summed E-state index contributed by atoms with van der Waals surface area (Å²) in [6.07, 6.45) is 3.92. The molecule has 0 bridgehead atoms. The first-order chi connectivity index (χ1) is 8.61. The van der Waals surface area contributed by atoms with Crippen LogP contribution in [0.1, 0.15) is 38.1 Å². The molecule has 2 heterocycles. The van der Waals surface area contributed by atoms with Crippen molar-refractivity contribution in [1.29, 1.82) is 0 Å². The minimum Gasteiger partial charge on any atom is -0.366 e. The van der Waals surface area contributed by atoms with Gasteiger partial charge in [0.05, 0.1) is 11.9 Å². The first-order valence-electron chi connectivity index (χ1n) is 6.42. The van der Waals surface area contributed by atoms with Crippen LogP contribution in [0.2, 0.25) is 0 Å². The van der Waals surface area contributed by atoms with Crippen LogP contribution in [0.3, 0.4) is 0 Å². The van der Waals surface area contributed by atoms with Gasteiger partial charge in [-0.05, 0) is 27.7 Å². The molecule has 0 aromatic carbocycles. The standard InChI is InChI=1S/C13H21N5.ClH/c1-5-17-9-12(11(4)16-17)8-14-13-6-7-15-18(13)10(2)3;/h6-7,9-10,14H,5,8H2,1-4H3;1H. The highest BCUT2D eigenvalue weighted by atomic mass is 35.5. The van der Waals surface area contributed by atoms with E-state index in [0.29, 0.717) is 6.04 Å². The van der Waals surface area contributed by atoms with E-state index in [1.807, 2.05) is 28.6 Å². The molecule has 5 nitrogen and oxygen atoms in total. The molecular weight excluding hydrogens is 262 g/mol. The summed E-state index contributed by atoms with van der Waals surface area (Å²) < 4.78 is 3.95. The van der Waals surface area contributed by atoms with Gasteiger partial charge in [-0.1, -0.05) is 0 Å². The van der Waals surface area contributed by atoms with Crippen LogP contribution < -0.4 is 5.32 Å². The van der Waals surface area contributed by atoms with Gasteiger partial charge in [-0.2, -0.15) is 10.2 Å². The van der Waals surface area contributed by atoms with E-state index in [1.54, 1.807) is 0 Å². The van der Waals surface area contributed by atoms with Gasteiger partial charge in [0.25, 0.3) is 0 Å². The van der Waals surface area contributed by atoms with Crippen molar-refractivity contribution in [2.24, 2.45) is 0 Å². The number of aryl methyl sites for hydroxylation is 2. The maximum absolute atomic E-state index is 4.44. The second-order valence-electron chi connectivity index (χ2n) is 4.70. The third-order valence-corrected chi connectivity index (χ3v) is 2.99. The molecule has 0 aliphatic rings. The second-order valence-corrected chi connectivity index (χ2v) is 4.70. The van der Waals surface area contributed by atoms with Crippen LogP contribution in [0.15, 0.2) is 18.5 Å². The second kappa shape index (κ2) is 6.61. The molecule has 0 spiro atoms. The number of rotatable bonds is 5. The monoisotopic (exact) mass is 283 g/mol. The number of nitrogens with zero attached hydrogens (tertiary/aromatic N) is 4. The summed E-state index contributed by atoms with van der Waals surface area (Å²) in [6.45, 7) is 10.1. The summed E-state index contributed by atoms with van der Waals surface area (Å²) >= 11 is 0. The van der Waals surface area contributed by atoms with Crippen LogP contribution in [0.25, 0.3) is 0 Å². The number of anilines is 1. The van der Waals surface area contributed by atoms with Crippen LogP contribution in [0, 0.1) is 6.92 Å². The molecule has 0 saturated heterocycles. The highest BCUT2D eigenvalue weighted by molar-refractivity contribution is 5.85. The Morgan fingerprint density at radius 3 is 2.68 bits per heavy atom. The lowest BCUT2D eigenvalue weighted by molar-refractivity contribution is 0.537. The fraction of sp³-hybridized carbons (Fsp3) is 0.538. The molecule has 6 heteroatoms. The van der Waals surface area contributed by atoms with Crippen LogP contribution in [0.5, 0.6) is 0 Å². The summed E-state index contributed by atoms with van der Waals surface area (Å²) in [5, 5.41) is 12.2. The molecule has 0 saturated carbocycles. The first kappa shape index (κ1) is 15.6. The topological polar surface area (TPSA) is 47.7 Å². The molecule has 2 aromatic heterocycles. The maximum Gasteiger partial charge on any atom is 0.124 e. The minimum atomic E-state index is 0. The molecule has 0 atom stereocenters. The average molecular weight is 284 g/mol. The Kier molecular flexibility index (Phi) is 5.42. The molecule has 106 valence electrons. The predicted molar refractivity (Wildman–Crippen MR) is 79.8 cm³/mol. The van der Waals surface area contributed by atoms with Crippen molar-refractivity contribution in [3.63, 3.8) is 0 Å². The summed E-state index contributed by atoms with van der Waals surface area (Å²) in [5.41, 5.74) is 2.31. The lowest BCUT2D eigenvalue weighted by atomic mass is 10.2. The summed E-state index contributed by atoms with van der Waals surface area (Å²) in [7, 11) is 0. The summed E-state index contributed by atoms with van der Waals surface area (Å²) in [4.78, 5) is 0. The van der Waals surface area contributed by atoms with E-state index in [-0.39, 0.29) is 12.4 Å². The van der Waals surface area contributed by atoms with Crippen molar-refractivity contribution in [3.8, 4) is 0 Å². The van der Waals surface area contributed by atoms with E-state index >= 15 is 0 Å². The van der Waals surface area contributed by atoms with Crippen molar-refractivity contribution in [1.82, 2.24) is 19.6 Å². The largest absolute Gasteiger partial charge is 0.366 e. The van der Waals surface area contributed by atoms with Gasteiger partial charge in [-0.25, -0.2) is 4.68 Å². The molecule has 0 radical (unpaired) electrons. The Labute approximate surface area is 120 Å². The Bertz CT molecular complexity index is 515.